The number of hydrogen-bond donors (Lipinski definition) is 1. The van der Waals surface area contributed by atoms with Crippen LogP contribution in [0, 0.1) is 0 Å². The van der Waals surface area contributed by atoms with Crippen LogP contribution in [0.3, 0.4) is 0 Å². The van der Waals surface area contributed by atoms with Gasteiger partial charge in [-0.3, -0.25) is 14.2 Å². The van der Waals surface area contributed by atoms with Crippen LogP contribution in [0.25, 0.3) is 10.9 Å². The molecule has 9 nitrogen and oxygen atoms in total. The number of halogens is 1. The Morgan fingerprint density at radius 1 is 1.11 bits per heavy atom. The van der Waals surface area contributed by atoms with Gasteiger partial charge in [0.15, 0.2) is 16.7 Å². The Morgan fingerprint density at radius 2 is 1.84 bits per heavy atom. The molecule has 1 N–H and O–H groups in total. The van der Waals surface area contributed by atoms with E-state index in [-0.39, 0.29) is 18.0 Å². The summed E-state index contributed by atoms with van der Waals surface area (Å²) in [6, 6.07) is 11.7. The third kappa shape index (κ3) is 5.70. The van der Waals surface area contributed by atoms with Crippen molar-refractivity contribution in [2.24, 2.45) is 0 Å². The average Bonchev–Trinajstić information content (AvgIpc) is 3.42. The molecule has 0 spiro atoms. The van der Waals surface area contributed by atoms with E-state index in [9.17, 15) is 9.59 Å². The zero-order chi connectivity index (χ0) is 26.5. The van der Waals surface area contributed by atoms with E-state index in [2.05, 4.69) is 5.32 Å². The Balaban J connectivity index is 1.75. The Labute approximate surface area is 222 Å². The summed E-state index contributed by atoms with van der Waals surface area (Å²) >= 11 is 7.31. The quantitative estimate of drug-likeness (QED) is 0.214. The lowest BCUT2D eigenvalue weighted by Gasteiger charge is -2.19. The van der Waals surface area contributed by atoms with Gasteiger partial charge >= 0.3 is 0 Å². The summed E-state index contributed by atoms with van der Waals surface area (Å²) in [5, 5.41) is 3.49. The predicted octanol–water partition coefficient (Wildman–Crippen LogP) is 5.23. The van der Waals surface area contributed by atoms with E-state index in [4.69, 9.17) is 35.2 Å². The summed E-state index contributed by atoms with van der Waals surface area (Å²) in [5.74, 6) is 1.64. The molecular formula is C26H26ClN3O6S. The highest BCUT2D eigenvalue weighted by atomic mass is 35.5. The molecule has 194 valence electrons. The molecule has 0 bridgehead atoms. The number of fused-ring (bicyclic) bond motifs is 1. The first-order valence-corrected chi connectivity index (χ1v) is 12.6. The highest BCUT2D eigenvalue weighted by Gasteiger charge is 2.24. The molecule has 0 unspecified atom stereocenters. The Morgan fingerprint density at radius 3 is 2.49 bits per heavy atom. The van der Waals surface area contributed by atoms with Crippen LogP contribution < -0.4 is 25.1 Å². The van der Waals surface area contributed by atoms with Gasteiger partial charge in [-0.25, -0.2) is 4.98 Å². The zero-order valence-corrected chi connectivity index (χ0v) is 22.3. The topological polar surface area (TPSA) is 105 Å². The van der Waals surface area contributed by atoms with Crippen molar-refractivity contribution in [2.75, 3.05) is 26.6 Å². The number of nitrogens with zero attached hydrogens (tertiary/aromatic N) is 2. The van der Waals surface area contributed by atoms with Gasteiger partial charge in [-0.2, -0.15) is 0 Å². The summed E-state index contributed by atoms with van der Waals surface area (Å²) in [4.78, 5) is 31.7. The number of ether oxygens (including phenoxy) is 3. The zero-order valence-electron chi connectivity index (χ0n) is 20.7. The molecule has 0 saturated carbocycles. The van der Waals surface area contributed by atoms with E-state index in [0.29, 0.717) is 56.2 Å². The summed E-state index contributed by atoms with van der Waals surface area (Å²) < 4.78 is 23.1. The highest BCUT2D eigenvalue weighted by molar-refractivity contribution is 8.00. The molecule has 0 radical (unpaired) electrons. The second-order valence-electron chi connectivity index (χ2n) is 7.94. The maximum Gasteiger partial charge on any atom is 0.262 e. The summed E-state index contributed by atoms with van der Waals surface area (Å²) in [7, 11) is 4.53. The molecule has 1 amide bonds. The van der Waals surface area contributed by atoms with Crippen LogP contribution in [-0.2, 0) is 11.3 Å². The molecule has 0 aliphatic carbocycles. The number of hydrogen-bond acceptors (Lipinski definition) is 8. The van der Waals surface area contributed by atoms with Crippen LogP contribution in [0.15, 0.2) is 63.1 Å². The number of thioether (sulfide) groups is 1. The number of anilines is 1. The first kappa shape index (κ1) is 26.4. The van der Waals surface area contributed by atoms with Gasteiger partial charge in [0.2, 0.25) is 5.91 Å². The van der Waals surface area contributed by atoms with Crippen LogP contribution in [0.4, 0.5) is 5.69 Å². The van der Waals surface area contributed by atoms with Gasteiger partial charge in [0.25, 0.3) is 5.56 Å². The van der Waals surface area contributed by atoms with Crippen LogP contribution in [0.2, 0.25) is 5.02 Å². The number of furan rings is 1. The fourth-order valence-electron chi connectivity index (χ4n) is 3.76. The van der Waals surface area contributed by atoms with Crippen molar-refractivity contribution in [3.05, 3.63) is 69.9 Å². The third-order valence-corrected chi connectivity index (χ3v) is 7.24. The second kappa shape index (κ2) is 11.6. The van der Waals surface area contributed by atoms with Crippen LogP contribution >= 0.6 is 23.4 Å². The van der Waals surface area contributed by atoms with Crippen molar-refractivity contribution in [3.63, 3.8) is 0 Å². The number of rotatable bonds is 10. The van der Waals surface area contributed by atoms with Crippen molar-refractivity contribution in [2.45, 2.75) is 30.3 Å². The molecular weight excluding hydrogens is 518 g/mol. The standard InChI is InChI=1S/C26H26ClN3O6S/c1-5-23(24(31)28-19-11-15(27)8-9-20(19)33-2)37-26-29-18-13-22(35-4)21(34-3)12-17(18)25(32)30(26)14-16-7-6-10-36-16/h6-13,23H,5,14H2,1-4H3,(H,28,31)/t23-/m0/s1. The molecule has 0 aliphatic rings. The van der Waals surface area contributed by atoms with E-state index in [1.165, 1.54) is 43.9 Å². The predicted molar refractivity (Wildman–Crippen MR) is 143 cm³/mol. The van der Waals surface area contributed by atoms with E-state index >= 15 is 0 Å². The third-order valence-electron chi connectivity index (χ3n) is 5.65. The van der Waals surface area contributed by atoms with Crippen molar-refractivity contribution in [3.8, 4) is 17.2 Å². The van der Waals surface area contributed by atoms with Crippen molar-refractivity contribution in [1.29, 1.82) is 0 Å². The van der Waals surface area contributed by atoms with Gasteiger partial charge < -0.3 is 23.9 Å². The molecule has 0 fully saturated rings. The van der Waals surface area contributed by atoms with Gasteiger partial charge in [-0.05, 0) is 42.8 Å². The fraction of sp³-hybridized carbons (Fsp3) is 0.269. The van der Waals surface area contributed by atoms with E-state index < -0.39 is 5.25 Å². The molecule has 4 aromatic rings. The average molecular weight is 544 g/mol. The minimum atomic E-state index is -0.573. The van der Waals surface area contributed by atoms with Gasteiger partial charge in [0, 0.05) is 11.1 Å². The normalized spacial score (nSPS) is 11.8. The van der Waals surface area contributed by atoms with Crippen molar-refractivity contribution < 1.29 is 23.4 Å². The van der Waals surface area contributed by atoms with Crippen molar-refractivity contribution >= 4 is 45.9 Å². The maximum atomic E-state index is 13.6. The smallest absolute Gasteiger partial charge is 0.262 e. The lowest BCUT2D eigenvalue weighted by atomic mass is 10.2. The van der Waals surface area contributed by atoms with Gasteiger partial charge in [-0.1, -0.05) is 30.3 Å². The minimum absolute atomic E-state index is 0.144. The largest absolute Gasteiger partial charge is 0.495 e. The number of amides is 1. The van der Waals surface area contributed by atoms with Gasteiger partial charge in [0.1, 0.15) is 11.5 Å². The Hall–Kier alpha value is -3.63. The molecule has 0 aliphatic heterocycles. The van der Waals surface area contributed by atoms with Gasteiger partial charge in [-0.15, -0.1) is 0 Å². The highest BCUT2D eigenvalue weighted by Crippen LogP contribution is 2.33. The van der Waals surface area contributed by atoms with E-state index in [1.807, 2.05) is 6.92 Å². The number of aromatic nitrogens is 2. The lowest BCUT2D eigenvalue weighted by Crippen LogP contribution is -2.28. The molecule has 37 heavy (non-hydrogen) atoms. The first-order chi connectivity index (χ1) is 17.9. The summed E-state index contributed by atoms with van der Waals surface area (Å²) in [6.45, 7) is 2.03. The molecule has 2 aromatic heterocycles. The fourth-order valence-corrected chi connectivity index (χ4v) is 4.94. The first-order valence-electron chi connectivity index (χ1n) is 11.4. The number of carbonyl (C=O) groups is 1. The van der Waals surface area contributed by atoms with E-state index in [0.717, 1.165) is 0 Å². The minimum Gasteiger partial charge on any atom is -0.495 e. The monoisotopic (exact) mass is 543 g/mol. The summed E-state index contributed by atoms with van der Waals surface area (Å²) in [5.41, 5.74) is 0.583. The molecule has 4 rings (SSSR count). The number of carbonyl (C=O) groups excluding carboxylic acids is 1. The molecule has 0 saturated heterocycles. The number of methoxy groups -OCH3 is 3. The molecule has 11 heteroatoms. The lowest BCUT2D eigenvalue weighted by molar-refractivity contribution is -0.115. The van der Waals surface area contributed by atoms with Crippen LogP contribution in [0.1, 0.15) is 19.1 Å². The van der Waals surface area contributed by atoms with Gasteiger partial charge in [0.05, 0.1) is 56.0 Å². The van der Waals surface area contributed by atoms with Crippen LogP contribution in [0.5, 0.6) is 17.2 Å². The molecule has 2 aromatic carbocycles. The Bertz CT molecular complexity index is 1470. The van der Waals surface area contributed by atoms with E-state index in [1.54, 1.807) is 42.5 Å². The molecule has 2 heterocycles. The summed E-state index contributed by atoms with van der Waals surface area (Å²) in [6.07, 6.45) is 2.01. The maximum absolute atomic E-state index is 13.6. The SMILES string of the molecule is CC[C@H](Sc1nc2cc(OC)c(OC)cc2c(=O)n1Cc1ccco1)C(=O)Nc1cc(Cl)ccc1OC. The van der Waals surface area contributed by atoms with Crippen LogP contribution in [-0.4, -0.2) is 42.0 Å². The second-order valence-corrected chi connectivity index (χ2v) is 9.54. The Kier molecular flexibility index (Phi) is 8.30. The number of nitrogens with one attached hydrogen (secondary N) is 1. The number of benzene rings is 2. The molecule has 1 atom stereocenters. The van der Waals surface area contributed by atoms with Crippen molar-refractivity contribution in [1.82, 2.24) is 9.55 Å².